The summed E-state index contributed by atoms with van der Waals surface area (Å²) in [7, 11) is 0. The molecule has 4 rings (SSSR count). The third kappa shape index (κ3) is 8.57. The summed E-state index contributed by atoms with van der Waals surface area (Å²) in [5.41, 5.74) is 3.23. The van der Waals surface area contributed by atoms with Crippen molar-refractivity contribution in [3.63, 3.8) is 0 Å². The number of nitrogens with zero attached hydrogens (tertiary/aromatic N) is 5. The van der Waals surface area contributed by atoms with Gasteiger partial charge >= 0.3 is 5.95 Å². The van der Waals surface area contributed by atoms with E-state index >= 15 is 0 Å². The van der Waals surface area contributed by atoms with Crippen LogP contribution in [0.5, 0.6) is 5.75 Å². The first kappa shape index (κ1) is 29.1. The van der Waals surface area contributed by atoms with E-state index in [0.29, 0.717) is 30.8 Å². The first-order valence-corrected chi connectivity index (χ1v) is 13.9. The molecule has 214 valence electrons. The summed E-state index contributed by atoms with van der Waals surface area (Å²) in [5.74, 6) is 1.02. The van der Waals surface area contributed by atoms with Gasteiger partial charge in [0.1, 0.15) is 36.6 Å². The smallest absolute Gasteiger partial charge is 0.429 e. The number of Topliss-reactive ketones (excluding diaryl/α,β-unsaturated/α-hetero) is 1. The molecule has 1 atom stereocenters. The third-order valence-electron chi connectivity index (χ3n) is 7.03. The van der Waals surface area contributed by atoms with Crippen molar-refractivity contribution < 1.29 is 23.9 Å². The highest BCUT2D eigenvalue weighted by Gasteiger charge is 2.24. The highest BCUT2D eigenvalue weighted by atomic mass is 19.1. The Labute approximate surface area is 234 Å². The maximum atomic E-state index is 13.3. The summed E-state index contributed by atoms with van der Waals surface area (Å²) in [6.07, 6.45) is 9.19. The van der Waals surface area contributed by atoms with Crippen molar-refractivity contribution in [2.75, 3.05) is 43.4 Å². The molecule has 0 aliphatic carbocycles. The molecule has 3 aromatic heterocycles. The van der Waals surface area contributed by atoms with E-state index in [1.807, 2.05) is 19.1 Å². The van der Waals surface area contributed by atoms with Crippen LogP contribution in [0.4, 0.5) is 16.2 Å². The third-order valence-corrected chi connectivity index (χ3v) is 7.03. The molecule has 3 N–H and O–H groups in total. The molecule has 0 unspecified atom stereocenters. The molecule has 11 heteroatoms. The van der Waals surface area contributed by atoms with Gasteiger partial charge in [0.2, 0.25) is 0 Å². The quantitative estimate of drug-likeness (QED) is 0.148. The molecule has 1 aliphatic heterocycles. The van der Waals surface area contributed by atoms with Crippen LogP contribution in [0.3, 0.4) is 0 Å². The van der Waals surface area contributed by atoms with E-state index in [-0.39, 0.29) is 11.7 Å². The lowest BCUT2D eigenvalue weighted by Gasteiger charge is -2.24. The minimum absolute atomic E-state index is 0.00979. The van der Waals surface area contributed by atoms with E-state index in [1.165, 1.54) is 12.5 Å². The second-order valence-corrected chi connectivity index (χ2v) is 10.1. The number of ether oxygens (including phenoxy) is 1. The van der Waals surface area contributed by atoms with Crippen LogP contribution in [0.1, 0.15) is 49.6 Å². The molecule has 4 heterocycles. The Kier molecular flexibility index (Phi) is 10.6. The standard InChI is InChI=1S/C29H38FN7O3/c1-21-27(9-6-13-31-21)40-18-17-36(15-4-3-8-25-11-10-23-7-5-14-32-28(23)34-25)16-12-26(22(2)38)35-29-33-19-24(30)20-37(29)39/h6,9-11,13,19-20,26,39H,3-5,7-8,12,14-18H2,1-2H3,(H,32,34)/p+1/t26-/m0/s1. The van der Waals surface area contributed by atoms with Crippen LogP contribution in [0.15, 0.2) is 42.9 Å². The highest BCUT2D eigenvalue weighted by molar-refractivity contribution is 5.83. The lowest BCUT2D eigenvalue weighted by Crippen LogP contribution is -2.42. The van der Waals surface area contributed by atoms with Crippen LogP contribution in [0.25, 0.3) is 0 Å². The number of aromatic nitrogens is 4. The van der Waals surface area contributed by atoms with E-state index < -0.39 is 11.9 Å². The van der Waals surface area contributed by atoms with Gasteiger partial charge in [-0.3, -0.25) is 20.0 Å². The zero-order valence-corrected chi connectivity index (χ0v) is 23.3. The molecule has 40 heavy (non-hydrogen) atoms. The lowest BCUT2D eigenvalue weighted by atomic mass is 10.1. The average Bonchev–Trinajstić information content (AvgIpc) is 2.94. The van der Waals surface area contributed by atoms with E-state index in [4.69, 9.17) is 9.72 Å². The van der Waals surface area contributed by atoms with Crippen LogP contribution in [-0.2, 0) is 17.6 Å². The number of rotatable bonds is 15. The van der Waals surface area contributed by atoms with Gasteiger partial charge in [-0.2, -0.15) is 0 Å². The number of fused-ring (bicyclic) bond motifs is 1. The normalized spacial score (nSPS) is 13.4. The van der Waals surface area contributed by atoms with Crippen molar-refractivity contribution in [1.82, 2.24) is 19.9 Å². The SMILES string of the molecule is CC(=O)[C@H](CCN(CCCCc1ccc2c(n1)NCCC2)CCOc1cccnc1C)Nc1ncc(F)c[n+]1O. The summed E-state index contributed by atoms with van der Waals surface area (Å²) in [6.45, 7) is 7.00. The monoisotopic (exact) mass is 552 g/mol. The Balaban J connectivity index is 1.32. The van der Waals surface area contributed by atoms with Crippen LogP contribution in [0.2, 0.25) is 0 Å². The molecule has 0 fully saturated rings. The number of unbranched alkanes of at least 4 members (excludes halogenated alkanes) is 1. The number of hydrogen-bond acceptors (Lipinski definition) is 9. The minimum atomic E-state index is -0.677. The van der Waals surface area contributed by atoms with E-state index in [9.17, 15) is 14.4 Å². The van der Waals surface area contributed by atoms with Gasteiger partial charge in [0.15, 0.2) is 11.6 Å². The molecule has 1 aliphatic rings. The number of pyridine rings is 2. The van der Waals surface area contributed by atoms with Crippen LogP contribution >= 0.6 is 0 Å². The van der Waals surface area contributed by atoms with Gasteiger partial charge in [0.25, 0.3) is 0 Å². The molecule has 3 aromatic rings. The topological polar surface area (TPSA) is 116 Å². The van der Waals surface area contributed by atoms with Crippen LogP contribution < -0.4 is 20.1 Å². The number of ketones is 1. The van der Waals surface area contributed by atoms with Crippen molar-refractivity contribution in [2.24, 2.45) is 0 Å². The Morgan fingerprint density at radius 2 is 2.12 bits per heavy atom. The molecule has 0 saturated heterocycles. The lowest BCUT2D eigenvalue weighted by molar-refractivity contribution is -0.896. The van der Waals surface area contributed by atoms with Crippen molar-refractivity contribution in [3.05, 3.63) is 65.6 Å². The largest absolute Gasteiger partial charge is 0.490 e. The summed E-state index contributed by atoms with van der Waals surface area (Å²) in [6, 6.07) is 7.49. The number of nitrogens with one attached hydrogen (secondary N) is 2. The molecule has 0 aromatic carbocycles. The second-order valence-electron chi connectivity index (χ2n) is 10.1. The zero-order chi connectivity index (χ0) is 28.3. The van der Waals surface area contributed by atoms with Crippen molar-refractivity contribution >= 4 is 17.5 Å². The first-order chi connectivity index (χ1) is 19.4. The van der Waals surface area contributed by atoms with E-state index in [0.717, 1.165) is 80.5 Å². The van der Waals surface area contributed by atoms with Gasteiger partial charge in [-0.15, -0.1) is 0 Å². The molecular weight excluding hydrogens is 513 g/mol. The fourth-order valence-electron chi connectivity index (χ4n) is 4.73. The highest BCUT2D eigenvalue weighted by Crippen LogP contribution is 2.20. The van der Waals surface area contributed by atoms with Crippen LogP contribution in [-0.4, -0.2) is 69.7 Å². The first-order valence-electron chi connectivity index (χ1n) is 13.9. The summed E-state index contributed by atoms with van der Waals surface area (Å²) in [5, 5.41) is 16.3. The fraction of sp³-hybridized carbons (Fsp3) is 0.483. The summed E-state index contributed by atoms with van der Waals surface area (Å²) < 4.78 is 19.9. The molecule has 0 amide bonds. The molecule has 0 radical (unpaired) electrons. The van der Waals surface area contributed by atoms with Crippen molar-refractivity contribution in [1.29, 1.82) is 0 Å². The number of carbonyl (C=O) groups excluding carboxylic acids is 1. The Bertz CT molecular complexity index is 1280. The Morgan fingerprint density at radius 3 is 2.92 bits per heavy atom. The molecule has 0 bridgehead atoms. The van der Waals surface area contributed by atoms with Gasteiger partial charge in [0.05, 0.1) is 5.69 Å². The van der Waals surface area contributed by atoms with Crippen molar-refractivity contribution in [3.8, 4) is 5.75 Å². The molecule has 0 saturated carbocycles. The number of carbonyl (C=O) groups is 1. The minimum Gasteiger partial charge on any atom is -0.490 e. The summed E-state index contributed by atoms with van der Waals surface area (Å²) in [4.78, 5) is 27.6. The van der Waals surface area contributed by atoms with E-state index in [1.54, 1.807) is 6.20 Å². The second kappa shape index (κ2) is 14.5. The molecule has 10 nitrogen and oxygen atoms in total. The predicted octanol–water partition coefficient (Wildman–Crippen LogP) is 3.37. The Hall–Kier alpha value is -3.86. The van der Waals surface area contributed by atoms with Gasteiger partial charge in [-0.05, 0) is 76.3 Å². The average molecular weight is 553 g/mol. The Morgan fingerprint density at radius 1 is 1.25 bits per heavy atom. The van der Waals surface area contributed by atoms with Gasteiger partial charge < -0.3 is 15.3 Å². The zero-order valence-electron chi connectivity index (χ0n) is 23.3. The predicted molar refractivity (Wildman–Crippen MR) is 149 cm³/mol. The summed E-state index contributed by atoms with van der Waals surface area (Å²) >= 11 is 0. The molecular formula is C29H39FN7O3+. The van der Waals surface area contributed by atoms with Crippen LogP contribution in [0, 0.1) is 12.7 Å². The fourth-order valence-corrected chi connectivity index (χ4v) is 4.73. The number of anilines is 2. The van der Waals surface area contributed by atoms with Crippen molar-refractivity contribution in [2.45, 2.75) is 58.4 Å². The van der Waals surface area contributed by atoms with E-state index in [2.05, 4.69) is 37.6 Å². The maximum Gasteiger partial charge on any atom is 0.429 e. The maximum absolute atomic E-state index is 13.3. The number of hydrogen-bond donors (Lipinski definition) is 3. The molecule has 0 spiro atoms. The van der Waals surface area contributed by atoms with Gasteiger partial charge in [-0.25, -0.2) is 9.37 Å². The van der Waals surface area contributed by atoms with Gasteiger partial charge in [-0.1, -0.05) is 15.8 Å². The number of halogens is 1. The van der Waals surface area contributed by atoms with Gasteiger partial charge in [0, 0.05) is 37.9 Å². The number of aryl methyl sites for hydroxylation is 3.